The molecule has 102 valence electrons. The lowest BCUT2D eigenvalue weighted by Crippen LogP contribution is -1.91. The third-order valence-electron chi connectivity index (χ3n) is 2.30. The molecule has 0 heterocycles. The van der Waals surface area contributed by atoms with E-state index in [0.717, 1.165) is 6.42 Å². The molecule has 0 spiro atoms. The van der Waals surface area contributed by atoms with E-state index in [1.807, 2.05) is 41.5 Å². The van der Waals surface area contributed by atoms with Gasteiger partial charge in [0.2, 0.25) is 0 Å². The largest absolute Gasteiger partial charge is 0.0683 e. The summed E-state index contributed by atoms with van der Waals surface area (Å²) < 4.78 is 0. The molecule has 1 rings (SSSR count). The van der Waals surface area contributed by atoms with Crippen molar-refractivity contribution in [3.8, 4) is 0 Å². The first-order chi connectivity index (χ1) is 8.15. The maximum atomic E-state index is 2.28. The highest BCUT2D eigenvalue weighted by atomic mass is 14.0. The van der Waals surface area contributed by atoms with Crippen LogP contribution in [-0.4, -0.2) is 0 Å². The van der Waals surface area contributed by atoms with Crippen LogP contribution in [0.2, 0.25) is 0 Å². The maximum absolute atomic E-state index is 2.28. The van der Waals surface area contributed by atoms with Crippen LogP contribution in [0, 0.1) is 20.8 Å². The van der Waals surface area contributed by atoms with Crippen molar-refractivity contribution in [3.63, 3.8) is 0 Å². The molecule has 0 N–H and O–H groups in total. The van der Waals surface area contributed by atoms with Gasteiger partial charge in [-0.3, -0.25) is 0 Å². The third-order valence-corrected chi connectivity index (χ3v) is 2.30. The van der Waals surface area contributed by atoms with E-state index in [0.29, 0.717) is 0 Å². The monoisotopic (exact) mass is 238 g/mol. The van der Waals surface area contributed by atoms with Crippen LogP contribution in [0.3, 0.4) is 0 Å². The Morgan fingerprint density at radius 3 is 1.53 bits per heavy atom. The Balaban J connectivity index is -0.000000285. The van der Waals surface area contributed by atoms with Crippen LogP contribution in [0.1, 0.15) is 70.7 Å². The zero-order valence-corrected chi connectivity index (χ0v) is 13.9. The van der Waals surface area contributed by atoms with Crippen molar-refractivity contribution in [2.45, 2.75) is 75.7 Å². The number of rotatable bonds is 1. The standard InChI is InChI=1S/C11H16.3C2H6/c1-5-11-7-8(2)6-9(3)10(11)4;3*1-2/h6-7H,5H2,1-4H3;3*1-2H3. The molecule has 0 saturated heterocycles. The van der Waals surface area contributed by atoms with Gasteiger partial charge in [0, 0.05) is 0 Å². The van der Waals surface area contributed by atoms with Gasteiger partial charge in [0.15, 0.2) is 0 Å². The molecule has 0 saturated carbocycles. The van der Waals surface area contributed by atoms with Gasteiger partial charge in [0.25, 0.3) is 0 Å². The summed E-state index contributed by atoms with van der Waals surface area (Å²) in [5, 5.41) is 0. The second-order valence-electron chi connectivity index (χ2n) is 3.22. The van der Waals surface area contributed by atoms with E-state index in [-0.39, 0.29) is 0 Å². The summed E-state index contributed by atoms with van der Waals surface area (Å²) in [5.74, 6) is 0. The van der Waals surface area contributed by atoms with Crippen LogP contribution in [0.4, 0.5) is 0 Å². The Morgan fingerprint density at radius 2 is 1.18 bits per heavy atom. The van der Waals surface area contributed by atoms with E-state index in [4.69, 9.17) is 0 Å². The number of benzene rings is 1. The Kier molecular flexibility index (Phi) is 19.2. The average Bonchev–Trinajstić information content (AvgIpc) is 2.41. The fourth-order valence-electron chi connectivity index (χ4n) is 1.49. The molecule has 17 heavy (non-hydrogen) atoms. The van der Waals surface area contributed by atoms with E-state index < -0.39 is 0 Å². The molecule has 0 atom stereocenters. The SMILES string of the molecule is CC.CC.CC.CCc1cc(C)cc(C)c1C. The second-order valence-corrected chi connectivity index (χ2v) is 3.22. The van der Waals surface area contributed by atoms with E-state index >= 15 is 0 Å². The molecule has 1 aromatic rings. The molecule has 0 aromatic heterocycles. The highest BCUT2D eigenvalue weighted by Crippen LogP contribution is 2.15. The van der Waals surface area contributed by atoms with Gasteiger partial charge in [0.05, 0.1) is 0 Å². The van der Waals surface area contributed by atoms with E-state index in [1.165, 1.54) is 22.3 Å². The molecule has 0 aliphatic carbocycles. The van der Waals surface area contributed by atoms with Crippen molar-refractivity contribution in [1.82, 2.24) is 0 Å². The van der Waals surface area contributed by atoms with Gasteiger partial charge < -0.3 is 0 Å². The van der Waals surface area contributed by atoms with Gasteiger partial charge in [-0.15, -0.1) is 0 Å². The molecule has 0 aliphatic heterocycles. The van der Waals surface area contributed by atoms with Crippen molar-refractivity contribution in [3.05, 3.63) is 34.4 Å². The first kappa shape index (κ1) is 21.5. The minimum absolute atomic E-state index is 1.15. The summed E-state index contributed by atoms with van der Waals surface area (Å²) in [6, 6.07) is 4.52. The van der Waals surface area contributed by atoms with Gasteiger partial charge in [-0.05, 0) is 43.9 Å². The summed E-state index contributed by atoms with van der Waals surface area (Å²) in [7, 11) is 0. The molecule has 0 aliphatic rings. The molecule has 0 fully saturated rings. The molecular weight excluding hydrogens is 204 g/mol. The fourth-order valence-corrected chi connectivity index (χ4v) is 1.49. The van der Waals surface area contributed by atoms with Gasteiger partial charge in [-0.25, -0.2) is 0 Å². The van der Waals surface area contributed by atoms with Gasteiger partial charge in [0.1, 0.15) is 0 Å². The number of hydrogen-bond acceptors (Lipinski definition) is 0. The topological polar surface area (TPSA) is 0 Å². The van der Waals surface area contributed by atoms with Crippen molar-refractivity contribution in [2.24, 2.45) is 0 Å². The normalized spacial score (nSPS) is 7.65. The maximum Gasteiger partial charge on any atom is -0.0305 e. The average molecular weight is 238 g/mol. The van der Waals surface area contributed by atoms with Crippen molar-refractivity contribution < 1.29 is 0 Å². The summed E-state index contributed by atoms with van der Waals surface area (Å²) in [4.78, 5) is 0. The lowest BCUT2D eigenvalue weighted by atomic mass is 9.99. The lowest BCUT2D eigenvalue weighted by molar-refractivity contribution is 1.08. The van der Waals surface area contributed by atoms with E-state index in [1.54, 1.807) is 0 Å². The minimum Gasteiger partial charge on any atom is -0.0683 e. The van der Waals surface area contributed by atoms with Gasteiger partial charge in [-0.1, -0.05) is 66.2 Å². The molecule has 1 aromatic carbocycles. The summed E-state index contributed by atoms with van der Waals surface area (Å²) >= 11 is 0. The number of aryl methyl sites for hydroxylation is 3. The van der Waals surface area contributed by atoms with Crippen LogP contribution in [0.5, 0.6) is 0 Å². The molecule has 0 unspecified atom stereocenters. The van der Waals surface area contributed by atoms with Crippen LogP contribution in [0.15, 0.2) is 12.1 Å². The van der Waals surface area contributed by atoms with Crippen LogP contribution < -0.4 is 0 Å². The Bertz CT molecular complexity index is 259. The fraction of sp³-hybridized carbons (Fsp3) is 0.647. The van der Waals surface area contributed by atoms with Crippen LogP contribution in [0.25, 0.3) is 0 Å². The second kappa shape index (κ2) is 15.2. The zero-order chi connectivity index (χ0) is 14.4. The highest BCUT2D eigenvalue weighted by molar-refractivity contribution is 5.37. The van der Waals surface area contributed by atoms with Crippen molar-refractivity contribution in [1.29, 1.82) is 0 Å². The molecular formula is C17H34. The first-order valence-corrected chi connectivity index (χ1v) is 7.22. The molecule has 0 radical (unpaired) electrons. The molecule has 0 amide bonds. The van der Waals surface area contributed by atoms with Crippen molar-refractivity contribution in [2.75, 3.05) is 0 Å². The highest BCUT2D eigenvalue weighted by Gasteiger charge is 1.99. The van der Waals surface area contributed by atoms with Crippen molar-refractivity contribution >= 4 is 0 Å². The summed E-state index contributed by atoms with van der Waals surface area (Å²) in [5.41, 5.74) is 5.74. The Morgan fingerprint density at radius 1 is 0.765 bits per heavy atom. The number of hydrogen-bond donors (Lipinski definition) is 0. The van der Waals surface area contributed by atoms with Gasteiger partial charge >= 0.3 is 0 Å². The first-order valence-electron chi connectivity index (χ1n) is 7.22. The Labute approximate surface area is 110 Å². The summed E-state index contributed by atoms with van der Waals surface area (Å²) in [6.45, 7) is 20.8. The molecule has 0 bridgehead atoms. The molecule has 0 nitrogen and oxygen atoms in total. The van der Waals surface area contributed by atoms with E-state index in [9.17, 15) is 0 Å². The predicted molar refractivity (Wildman–Crippen MR) is 84.1 cm³/mol. The lowest BCUT2D eigenvalue weighted by Gasteiger charge is -2.07. The van der Waals surface area contributed by atoms with Crippen LogP contribution >= 0.6 is 0 Å². The zero-order valence-electron chi connectivity index (χ0n) is 13.9. The summed E-state index contributed by atoms with van der Waals surface area (Å²) in [6.07, 6.45) is 1.15. The minimum atomic E-state index is 1.15. The van der Waals surface area contributed by atoms with Crippen LogP contribution in [-0.2, 0) is 6.42 Å². The molecule has 0 heteroatoms. The van der Waals surface area contributed by atoms with E-state index in [2.05, 4.69) is 39.8 Å². The van der Waals surface area contributed by atoms with Gasteiger partial charge in [-0.2, -0.15) is 0 Å². The predicted octanol–water partition coefficient (Wildman–Crippen LogP) is 6.25. The quantitative estimate of drug-likeness (QED) is 0.542. The Hall–Kier alpha value is -0.780. The third kappa shape index (κ3) is 8.97. The smallest absolute Gasteiger partial charge is 0.0305 e.